The van der Waals surface area contributed by atoms with Crippen molar-refractivity contribution in [2.24, 2.45) is 0 Å². The molecule has 0 spiro atoms. The minimum Gasteiger partial charge on any atom is -0.423 e. The first-order chi connectivity index (χ1) is 18.1. The lowest BCUT2D eigenvalue weighted by Gasteiger charge is -2.26. The number of nitrogens with one attached hydrogen (secondary N) is 1. The number of urea groups is 1. The van der Waals surface area contributed by atoms with Gasteiger partial charge >= 0.3 is 12.0 Å². The molecule has 0 saturated carbocycles. The number of carbonyl (C=O) groups excluding carboxylic acids is 4. The van der Waals surface area contributed by atoms with Gasteiger partial charge in [0, 0.05) is 31.8 Å². The van der Waals surface area contributed by atoms with E-state index < -0.39 is 28.7 Å². The van der Waals surface area contributed by atoms with Crippen molar-refractivity contribution in [2.75, 3.05) is 4.90 Å². The molecule has 0 aliphatic carbocycles. The number of rotatable bonds is 6. The Morgan fingerprint density at radius 2 is 1.79 bits per heavy atom. The molecule has 0 bridgehead atoms. The van der Waals surface area contributed by atoms with Gasteiger partial charge in [0.25, 0.3) is 17.5 Å². The number of non-ortho nitro benzene ring substituents is 1. The summed E-state index contributed by atoms with van der Waals surface area (Å²) in [5.41, 5.74) is 0.436. The maximum absolute atomic E-state index is 13.2. The fourth-order valence-electron chi connectivity index (χ4n) is 3.41. The van der Waals surface area contributed by atoms with Gasteiger partial charge in [0.05, 0.1) is 10.6 Å². The molecule has 0 atom stereocenters. The Labute approximate surface area is 237 Å². The normalized spacial score (nSPS) is 14.6. The molecule has 1 aliphatic heterocycles. The first-order valence-corrected chi connectivity index (χ1v) is 12.6. The molecule has 1 fully saturated rings. The number of anilines is 1. The molecule has 0 radical (unpaired) electrons. The van der Waals surface area contributed by atoms with Crippen LogP contribution in [0.25, 0.3) is 12.2 Å². The van der Waals surface area contributed by atoms with Crippen molar-refractivity contribution < 1.29 is 28.8 Å². The second-order valence-corrected chi connectivity index (χ2v) is 9.88. The number of carbonyl (C=O) groups is 4. The van der Waals surface area contributed by atoms with Gasteiger partial charge in [0.1, 0.15) is 11.3 Å². The molecule has 3 aromatic carbocycles. The molecule has 190 valence electrons. The van der Waals surface area contributed by atoms with E-state index in [9.17, 15) is 29.3 Å². The first-order valence-electron chi connectivity index (χ1n) is 10.7. The van der Waals surface area contributed by atoms with Gasteiger partial charge in [-0.25, -0.2) is 14.5 Å². The number of halogens is 2. The van der Waals surface area contributed by atoms with Gasteiger partial charge in [-0.3, -0.25) is 25.0 Å². The van der Waals surface area contributed by atoms with Crippen LogP contribution < -0.4 is 15.0 Å². The van der Waals surface area contributed by atoms with Gasteiger partial charge in [-0.15, -0.1) is 0 Å². The van der Waals surface area contributed by atoms with Crippen molar-refractivity contribution in [1.29, 1.82) is 0 Å². The average molecular weight is 688 g/mol. The third-order valence-corrected chi connectivity index (χ3v) is 6.37. The van der Waals surface area contributed by atoms with E-state index in [4.69, 9.17) is 4.74 Å². The summed E-state index contributed by atoms with van der Waals surface area (Å²) in [6, 6.07) is 16.0. The maximum atomic E-state index is 13.2. The Morgan fingerprint density at radius 3 is 2.50 bits per heavy atom. The van der Waals surface area contributed by atoms with Crippen molar-refractivity contribution >= 4 is 85.9 Å². The van der Waals surface area contributed by atoms with Crippen molar-refractivity contribution in [3.05, 3.63) is 108 Å². The molecule has 1 N–H and O–H groups in total. The van der Waals surface area contributed by atoms with Crippen LogP contribution in [-0.4, -0.2) is 28.7 Å². The number of nitro benzene ring substituents is 1. The highest BCUT2D eigenvalue weighted by molar-refractivity contribution is 14.1. The fourth-order valence-corrected chi connectivity index (χ4v) is 4.15. The number of hydrogen-bond acceptors (Lipinski definition) is 7. The zero-order valence-electron chi connectivity index (χ0n) is 19.1. The highest BCUT2D eigenvalue weighted by Crippen LogP contribution is 2.28. The zero-order valence-corrected chi connectivity index (χ0v) is 22.8. The summed E-state index contributed by atoms with van der Waals surface area (Å²) in [6.45, 7) is 0. The lowest BCUT2D eigenvalue weighted by atomic mass is 10.1. The van der Waals surface area contributed by atoms with E-state index in [1.807, 2.05) is 0 Å². The summed E-state index contributed by atoms with van der Waals surface area (Å²) in [5, 5.41) is 13.1. The summed E-state index contributed by atoms with van der Waals surface area (Å²) in [7, 11) is 0. The van der Waals surface area contributed by atoms with Gasteiger partial charge in [0.15, 0.2) is 0 Å². The van der Waals surface area contributed by atoms with Gasteiger partial charge in [0.2, 0.25) is 0 Å². The Hall–Kier alpha value is -4.17. The SMILES string of the molecule is O=C(/C=C/c1cccc([N+](=O)[O-])c1)Oc1ccc(Br)cc1/C=C1/C(=O)NC(=O)N(c2ccc(I)cc2)C1=O. The molecule has 3 aromatic rings. The Balaban J connectivity index is 1.62. The summed E-state index contributed by atoms with van der Waals surface area (Å²) < 4.78 is 6.87. The highest BCUT2D eigenvalue weighted by Gasteiger charge is 2.37. The summed E-state index contributed by atoms with van der Waals surface area (Å²) in [4.78, 5) is 61.9. The van der Waals surface area contributed by atoms with E-state index in [2.05, 4.69) is 43.8 Å². The lowest BCUT2D eigenvalue weighted by Crippen LogP contribution is -2.54. The standard InChI is InChI=1S/C26H15BrIN3O7/c27-17-5-10-22(38-23(32)11-4-15-2-1-3-20(12-15)31(36)37)16(13-17)14-21-24(33)29-26(35)30(25(21)34)19-8-6-18(28)7-9-19/h1-14H,(H,29,33,35)/b11-4+,21-14-. The van der Waals surface area contributed by atoms with Crippen LogP contribution in [-0.2, 0) is 14.4 Å². The summed E-state index contributed by atoms with van der Waals surface area (Å²) in [6.07, 6.45) is 3.67. The number of ether oxygens (including phenoxy) is 1. The molecule has 1 saturated heterocycles. The Bertz CT molecular complexity index is 1550. The van der Waals surface area contributed by atoms with E-state index in [1.54, 1.807) is 36.4 Å². The average Bonchev–Trinajstić information content (AvgIpc) is 2.88. The Kier molecular flexibility index (Phi) is 8.12. The monoisotopic (exact) mass is 687 g/mol. The quantitative estimate of drug-likeness (QED) is 0.0712. The van der Waals surface area contributed by atoms with E-state index in [0.717, 1.165) is 14.5 Å². The molecule has 38 heavy (non-hydrogen) atoms. The first kappa shape index (κ1) is 26.9. The van der Waals surface area contributed by atoms with Crippen LogP contribution in [0, 0.1) is 13.7 Å². The third kappa shape index (κ3) is 6.20. The van der Waals surface area contributed by atoms with Crippen LogP contribution in [0.3, 0.4) is 0 Å². The molecule has 4 amide bonds. The minimum absolute atomic E-state index is 0.0349. The number of nitrogens with zero attached hydrogens (tertiary/aromatic N) is 2. The minimum atomic E-state index is -0.899. The zero-order chi connectivity index (χ0) is 27.4. The number of imide groups is 2. The van der Waals surface area contributed by atoms with Gasteiger partial charge < -0.3 is 4.74 Å². The van der Waals surface area contributed by atoms with Crippen molar-refractivity contribution in [2.45, 2.75) is 0 Å². The number of esters is 1. The lowest BCUT2D eigenvalue weighted by molar-refractivity contribution is -0.384. The largest absolute Gasteiger partial charge is 0.423 e. The number of benzene rings is 3. The fraction of sp³-hybridized carbons (Fsp3) is 0. The topological polar surface area (TPSA) is 136 Å². The van der Waals surface area contributed by atoms with E-state index in [0.29, 0.717) is 10.0 Å². The second kappa shape index (κ2) is 11.5. The van der Waals surface area contributed by atoms with Crippen molar-refractivity contribution in [3.63, 3.8) is 0 Å². The molecule has 0 aromatic heterocycles. The number of nitro groups is 1. The van der Waals surface area contributed by atoms with E-state index >= 15 is 0 Å². The maximum Gasteiger partial charge on any atom is 0.336 e. The predicted molar refractivity (Wildman–Crippen MR) is 150 cm³/mol. The van der Waals surface area contributed by atoms with Gasteiger partial charge in [-0.2, -0.15) is 0 Å². The molecule has 12 heteroatoms. The molecule has 4 rings (SSSR count). The number of amides is 4. The Morgan fingerprint density at radius 1 is 1.05 bits per heavy atom. The summed E-state index contributed by atoms with van der Waals surface area (Å²) >= 11 is 5.39. The highest BCUT2D eigenvalue weighted by atomic mass is 127. The van der Waals surface area contributed by atoms with Crippen molar-refractivity contribution in [1.82, 2.24) is 5.32 Å². The molecule has 1 heterocycles. The second-order valence-electron chi connectivity index (χ2n) is 7.72. The number of hydrogen-bond donors (Lipinski definition) is 1. The van der Waals surface area contributed by atoms with Crippen molar-refractivity contribution in [3.8, 4) is 5.75 Å². The predicted octanol–water partition coefficient (Wildman–Crippen LogP) is 5.25. The smallest absolute Gasteiger partial charge is 0.336 e. The molecule has 0 unspecified atom stereocenters. The van der Waals surface area contributed by atoms with Crippen LogP contribution in [0.5, 0.6) is 5.75 Å². The van der Waals surface area contributed by atoms with Crippen LogP contribution in [0.1, 0.15) is 11.1 Å². The van der Waals surface area contributed by atoms with Gasteiger partial charge in [-0.1, -0.05) is 28.1 Å². The van der Waals surface area contributed by atoms with E-state index in [1.165, 1.54) is 42.5 Å². The summed E-state index contributed by atoms with van der Waals surface area (Å²) in [5.74, 6) is -2.51. The molecule has 10 nitrogen and oxygen atoms in total. The molecular formula is C26H15BrIN3O7. The van der Waals surface area contributed by atoms with Crippen LogP contribution in [0.15, 0.2) is 82.9 Å². The van der Waals surface area contributed by atoms with Crippen LogP contribution >= 0.6 is 38.5 Å². The third-order valence-electron chi connectivity index (χ3n) is 5.16. The van der Waals surface area contributed by atoms with E-state index in [-0.39, 0.29) is 28.3 Å². The molecular weight excluding hydrogens is 673 g/mol. The molecule has 1 aliphatic rings. The number of barbiturate groups is 1. The van der Waals surface area contributed by atoms with Gasteiger partial charge in [-0.05, 0) is 82.8 Å². The van der Waals surface area contributed by atoms with Crippen LogP contribution in [0.4, 0.5) is 16.2 Å². The van der Waals surface area contributed by atoms with Crippen LogP contribution in [0.2, 0.25) is 0 Å².